The zero-order valence-corrected chi connectivity index (χ0v) is 17.8. The van der Waals surface area contributed by atoms with Crippen molar-refractivity contribution in [2.75, 3.05) is 0 Å². The Hall–Kier alpha value is -2.33. The van der Waals surface area contributed by atoms with Crippen molar-refractivity contribution in [2.24, 2.45) is 0 Å². The van der Waals surface area contributed by atoms with E-state index in [1.807, 2.05) is 69.3 Å². The van der Waals surface area contributed by atoms with Crippen LogP contribution in [0.3, 0.4) is 0 Å². The van der Waals surface area contributed by atoms with Crippen molar-refractivity contribution in [2.45, 2.75) is 59.2 Å². The number of rotatable bonds is 8. The molecule has 2 aromatic rings. The van der Waals surface area contributed by atoms with Crippen LogP contribution in [0.2, 0.25) is 5.02 Å². The molecule has 0 unspecified atom stereocenters. The molecule has 0 aliphatic carbocycles. The van der Waals surface area contributed by atoms with Crippen molar-refractivity contribution in [1.82, 2.24) is 10.2 Å². The minimum Gasteiger partial charge on any atom is -0.352 e. The number of nitrogens with zero attached hydrogens (tertiary/aromatic N) is 1. The number of nitrogens with one attached hydrogen (secondary N) is 1. The summed E-state index contributed by atoms with van der Waals surface area (Å²) in [6.45, 7) is 8.02. The van der Waals surface area contributed by atoms with Crippen LogP contribution in [0.5, 0.6) is 0 Å². The Labute approximate surface area is 172 Å². The number of hydrogen-bond donors (Lipinski definition) is 1. The summed E-state index contributed by atoms with van der Waals surface area (Å²) in [5.41, 5.74) is 3.07. The van der Waals surface area contributed by atoms with E-state index in [9.17, 15) is 9.59 Å². The van der Waals surface area contributed by atoms with Gasteiger partial charge in [0.1, 0.15) is 6.04 Å². The Kier molecular flexibility index (Phi) is 8.06. The smallest absolute Gasteiger partial charge is 0.242 e. The van der Waals surface area contributed by atoms with Crippen molar-refractivity contribution in [3.05, 3.63) is 70.2 Å². The highest BCUT2D eigenvalue weighted by atomic mass is 35.5. The molecule has 1 N–H and O–H groups in total. The zero-order chi connectivity index (χ0) is 20.7. The average molecular weight is 401 g/mol. The average Bonchev–Trinajstić information content (AvgIpc) is 2.64. The van der Waals surface area contributed by atoms with Gasteiger partial charge in [0, 0.05) is 24.0 Å². The lowest BCUT2D eigenvalue weighted by Gasteiger charge is -2.29. The van der Waals surface area contributed by atoms with E-state index in [0.717, 1.165) is 16.7 Å². The van der Waals surface area contributed by atoms with Gasteiger partial charge in [0.15, 0.2) is 0 Å². The van der Waals surface area contributed by atoms with Crippen molar-refractivity contribution in [1.29, 1.82) is 0 Å². The van der Waals surface area contributed by atoms with Crippen LogP contribution < -0.4 is 5.32 Å². The molecular formula is C23H29ClN2O2. The number of hydrogen-bond acceptors (Lipinski definition) is 2. The fourth-order valence-electron chi connectivity index (χ4n) is 3.08. The van der Waals surface area contributed by atoms with E-state index in [1.54, 1.807) is 11.8 Å². The van der Waals surface area contributed by atoms with Crippen molar-refractivity contribution >= 4 is 23.4 Å². The van der Waals surface area contributed by atoms with Gasteiger partial charge >= 0.3 is 0 Å². The quantitative estimate of drug-likeness (QED) is 0.708. The van der Waals surface area contributed by atoms with Crippen LogP contribution in [0, 0.1) is 6.92 Å². The first-order valence-corrected chi connectivity index (χ1v) is 10.0. The van der Waals surface area contributed by atoms with E-state index in [-0.39, 0.29) is 17.9 Å². The molecule has 1 atom stereocenters. The lowest BCUT2D eigenvalue weighted by molar-refractivity contribution is -0.140. The Morgan fingerprint density at radius 1 is 1.07 bits per heavy atom. The van der Waals surface area contributed by atoms with Gasteiger partial charge in [-0.15, -0.1) is 0 Å². The Balaban J connectivity index is 2.17. The molecule has 2 rings (SSSR count). The molecule has 2 aromatic carbocycles. The van der Waals surface area contributed by atoms with Gasteiger partial charge in [-0.1, -0.05) is 59.6 Å². The summed E-state index contributed by atoms with van der Waals surface area (Å²) in [7, 11) is 0. The molecule has 0 aliphatic rings. The summed E-state index contributed by atoms with van der Waals surface area (Å²) in [5, 5.41) is 3.56. The molecule has 0 saturated heterocycles. The van der Waals surface area contributed by atoms with Gasteiger partial charge in [-0.3, -0.25) is 9.59 Å². The lowest BCUT2D eigenvalue weighted by Crippen LogP contribution is -2.49. The van der Waals surface area contributed by atoms with Gasteiger partial charge in [-0.2, -0.15) is 0 Å². The normalized spacial score (nSPS) is 11.9. The van der Waals surface area contributed by atoms with Gasteiger partial charge in [-0.25, -0.2) is 0 Å². The molecule has 0 aromatic heterocycles. The minimum atomic E-state index is -0.554. The van der Waals surface area contributed by atoms with E-state index >= 15 is 0 Å². The maximum Gasteiger partial charge on any atom is 0.242 e. The first kappa shape index (κ1) is 22.0. The van der Waals surface area contributed by atoms with Crippen LogP contribution in [0.25, 0.3) is 0 Å². The van der Waals surface area contributed by atoms with Gasteiger partial charge in [0.05, 0.1) is 0 Å². The monoisotopic (exact) mass is 400 g/mol. The second kappa shape index (κ2) is 10.3. The number of amides is 2. The first-order chi connectivity index (χ1) is 13.3. The SMILES string of the molecule is Cc1cccc(CN(C(=O)CCc2ccccc2Cl)[C@H](C)C(=O)NC(C)C)c1. The third kappa shape index (κ3) is 6.38. The van der Waals surface area contributed by atoms with E-state index < -0.39 is 6.04 Å². The number of carbonyl (C=O) groups excluding carboxylic acids is 2. The van der Waals surface area contributed by atoms with Crippen molar-refractivity contribution in [3.63, 3.8) is 0 Å². The standard InChI is InChI=1S/C23H29ClN2O2/c1-16(2)25-23(28)18(4)26(15-19-9-7-8-17(3)14-19)22(27)13-12-20-10-5-6-11-21(20)24/h5-11,14,16,18H,12-13,15H2,1-4H3,(H,25,28)/t18-/m1/s1. The summed E-state index contributed by atoms with van der Waals surface area (Å²) in [6.07, 6.45) is 0.843. The van der Waals surface area contributed by atoms with Crippen molar-refractivity contribution < 1.29 is 9.59 Å². The van der Waals surface area contributed by atoms with Crippen LogP contribution in [0.1, 0.15) is 43.9 Å². The molecule has 0 spiro atoms. The fourth-order valence-corrected chi connectivity index (χ4v) is 3.31. The third-order valence-corrected chi connectivity index (χ3v) is 4.97. The van der Waals surface area contributed by atoms with Crippen LogP contribution >= 0.6 is 11.6 Å². The summed E-state index contributed by atoms with van der Waals surface area (Å²) in [6, 6.07) is 15.0. The Morgan fingerprint density at radius 3 is 2.43 bits per heavy atom. The number of benzene rings is 2. The second-order valence-electron chi connectivity index (χ2n) is 7.44. The topological polar surface area (TPSA) is 49.4 Å². The summed E-state index contributed by atoms with van der Waals surface area (Å²) < 4.78 is 0. The minimum absolute atomic E-state index is 0.0222. The third-order valence-electron chi connectivity index (χ3n) is 4.60. The molecule has 0 heterocycles. The number of aryl methyl sites for hydroxylation is 2. The van der Waals surface area contributed by atoms with Crippen LogP contribution in [-0.2, 0) is 22.6 Å². The molecule has 4 nitrogen and oxygen atoms in total. The summed E-state index contributed by atoms with van der Waals surface area (Å²) >= 11 is 6.22. The number of carbonyl (C=O) groups is 2. The maximum atomic E-state index is 13.1. The predicted molar refractivity (Wildman–Crippen MR) is 114 cm³/mol. The Morgan fingerprint density at radius 2 is 1.79 bits per heavy atom. The molecule has 0 fully saturated rings. The predicted octanol–water partition coefficient (Wildman–Crippen LogP) is 4.52. The molecule has 0 saturated carbocycles. The fraction of sp³-hybridized carbons (Fsp3) is 0.391. The highest BCUT2D eigenvalue weighted by molar-refractivity contribution is 6.31. The van der Waals surface area contributed by atoms with Crippen molar-refractivity contribution in [3.8, 4) is 0 Å². The molecular weight excluding hydrogens is 372 g/mol. The van der Waals surface area contributed by atoms with E-state index in [0.29, 0.717) is 24.4 Å². The van der Waals surface area contributed by atoms with Crippen LogP contribution in [-0.4, -0.2) is 28.8 Å². The highest BCUT2D eigenvalue weighted by Gasteiger charge is 2.26. The summed E-state index contributed by atoms with van der Waals surface area (Å²) in [5.74, 6) is -0.207. The van der Waals surface area contributed by atoms with E-state index in [4.69, 9.17) is 11.6 Å². The van der Waals surface area contributed by atoms with Gasteiger partial charge in [-0.05, 0) is 51.3 Å². The first-order valence-electron chi connectivity index (χ1n) is 9.66. The van der Waals surface area contributed by atoms with E-state index in [1.165, 1.54) is 0 Å². The molecule has 0 radical (unpaired) electrons. The zero-order valence-electron chi connectivity index (χ0n) is 17.0. The van der Waals surface area contributed by atoms with Crippen LogP contribution in [0.15, 0.2) is 48.5 Å². The number of halogens is 1. The molecule has 150 valence electrons. The maximum absolute atomic E-state index is 13.1. The van der Waals surface area contributed by atoms with E-state index in [2.05, 4.69) is 5.32 Å². The van der Waals surface area contributed by atoms with Gasteiger partial charge in [0.25, 0.3) is 0 Å². The molecule has 0 aliphatic heterocycles. The van der Waals surface area contributed by atoms with Crippen LogP contribution in [0.4, 0.5) is 0 Å². The summed E-state index contributed by atoms with van der Waals surface area (Å²) in [4.78, 5) is 27.3. The lowest BCUT2D eigenvalue weighted by atomic mass is 10.1. The van der Waals surface area contributed by atoms with Gasteiger partial charge in [0.2, 0.25) is 11.8 Å². The van der Waals surface area contributed by atoms with Gasteiger partial charge < -0.3 is 10.2 Å². The Bertz CT molecular complexity index is 820. The highest BCUT2D eigenvalue weighted by Crippen LogP contribution is 2.18. The molecule has 0 bridgehead atoms. The second-order valence-corrected chi connectivity index (χ2v) is 7.85. The largest absolute Gasteiger partial charge is 0.352 e. The molecule has 28 heavy (non-hydrogen) atoms. The molecule has 2 amide bonds. The molecule has 5 heteroatoms.